The highest BCUT2D eigenvalue weighted by Crippen LogP contribution is 2.35. The highest BCUT2D eigenvalue weighted by atomic mass is 32.2. The Morgan fingerprint density at radius 2 is 1.91 bits per heavy atom. The molecule has 0 spiro atoms. The van der Waals surface area contributed by atoms with Crippen molar-refractivity contribution in [1.29, 1.82) is 0 Å². The van der Waals surface area contributed by atoms with Crippen molar-refractivity contribution >= 4 is 40.2 Å². The summed E-state index contributed by atoms with van der Waals surface area (Å²) in [5.41, 5.74) is 3.82. The highest BCUT2D eigenvalue weighted by molar-refractivity contribution is 8.15. The summed E-state index contributed by atoms with van der Waals surface area (Å²) in [6, 6.07) is 15.8. The van der Waals surface area contributed by atoms with Crippen molar-refractivity contribution in [1.82, 2.24) is 14.8 Å². The first-order chi connectivity index (χ1) is 21.2. The number of aromatic nitrogens is 3. The van der Waals surface area contributed by atoms with Crippen LogP contribution in [0.15, 0.2) is 72.0 Å². The number of benzene rings is 3. The SMILES string of the molecule is Cc1ccc(OCCCF)c(N2C(=O)CS/C2=N\C(=O)Nc2ccc(-c3ncn(-c4ccc(OC(F)F)cc4)n3)cc2C)c1. The number of ether oxygens (including phenoxy) is 2. The molecule has 0 aliphatic carbocycles. The number of aliphatic imine (C=N–C) groups is 1. The maximum atomic E-state index is 13.0. The van der Waals surface area contributed by atoms with Crippen LogP contribution in [-0.2, 0) is 4.79 Å². The number of nitrogens with zero attached hydrogens (tertiary/aromatic N) is 5. The van der Waals surface area contributed by atoms with Crippen molar-refractivity contribution < 1.29 is 32.2 Å². The number of carbonyl (C=O) groups is 2. The molecule has 44 heavy (non-hydrogen) atoms. The maximum absolute atomic E-state index is 13.0. The van der Waals surface area contributed by atoms with Gasteiger partial charge in [0, 0.05) is 17.7 Å². The molecule has 3 aromatic carbocycles. The van der Waals surface area contributed by atoms with Gasteiger partial charge in [-0.05, 0) is 79.6 Å². The summed E-state index contributed by atoms with van der Waals surface area (Å²) in [5, 5.41) is 7.42. The number of carbonyl (C=O) groups excluding carboxylic acids is 2. The topological polar surface area (TPSA) is 111 Å². The Morgan fingerprint density at radius 1 is 1.11 bits per heavy atom. The van der Waals surface area contributed by atoms with Crippen molar-refractivity contribution in [2.45, 2.75) is 26.9 Å². The second-order valence-electron chi connectivity index (χ2n) is 9.62. The molecule has 1 aliphatic rings. The lowest BCUT2D eigenvalue weighted by atomic mass is 10.1. The van der Waals surface area contributed by atoms with Crippen LogP contribution in [-0.4, -0.2) is 57.5 Å². The van der Waals surface area contributed by atoms with Crippen molar-refractivity contribution in [2.75, 3.05) is 29.3 Å². The number of aryl methyl sites for hydroxylation is 2. The lowest BCUT2D eigenvalue weighted by molar-refractivity contribution is -0.115. The first-order valence-corrected chi connectivity index (χ1v) is 14.4. The molecular formula is C30H27F3N6O4S. The zero-order valence-corrected chi connectivity index (χ0v) is 24.5. The molecule has 5 rings (SSSR count). The fourth-order valence-corrected chi connectivity index (χ4v) is 5.17. The van der Waals surface area contributed by atoms with Gasteiger partial charge in [-0.25, -0.2) is 14.5 Å². The van der Waals surface area contributed by atoms with E-state index >= 15 is 0 Å². The van der Waals surface area contributed by atoms with Gasteiger partial charge in [-0.1, -0.05) is 17.8 Å². The molecule has 1 saturated heterocycles. The molecule has 0 saturated carbocycles. The second kappa shape index (κ2) is 13.6. The Bertz CT molecular complexity index is 1700. The molecule has 0 bridgehead atoms. The van der Waals surface area contributed by atoms with Gasteiger partial charge in [-0.15, -0.1) is 5.10 Å². The minimum atomic E-state index is -2.91. The molecular weight excluding hydrogens is 597 g/mol. The lowest BCUT2D eigenvalue weighted by Gasteiger charge is -2.20. The van der Waals surface area contributed by atoms with E-state index in [1.54, 1.807) is 49.4 Å². The van der Waals surface area contributed by atoms with E-state index in [-0.39, 0.29) is 35.6 Å². The van der Waals surface area contributed by atoms with Crippen LogP contribution < -0.4 is 19.7 Å². The van der Waals surface area contributed by atoms with Crippen LogP contribution >= 0.6 is 11.8 Å². The van der Waals surface area contributed by atoms with Crippen LogP contribution in [0.25, 0.3) is 17.1 Å². The van der Waals surface area contributed by atoms with E-state index < -0.39 is 19.3 Å². The number of hydrogen-bond acceptors (Lipinski definition) is 7. The molecule has 3 amide bonds. The first-order valence-electron chi connectivity index (χ1n) is 13.4. The standard InChI is InChI=1S/C30H27F3N6O4S/c1-18-4-11-25(42-13-3-12-31)24(14-18)39-26(40)16-44-30(39)36-29(41)35-23-10-5-20(15-19(23)2)27-34-17-38(37-27)21-6-8-22(9-7-21)43-28(32)33/h4-11,14-15,17,28H,3,12-13,16H2,1-2H3,(H,35,41)/b36-30-. The van der Waals surface area contributed by atoms with E-state index in [4.69, 9.17) is 4.74 Å². The third kappa shape index (κ3) is 7.19. The first kappa shape index (κ1) is 30.6. The summed E-state index contributed by atoms with van der Waals surface area (Å²) in [6.07, 6.45) is 1.71. The van der Waals surface area contributed by atoms with Crippen LogP contribution in [0.2, 0.25) is 0 Å². The number of rotatable bonds is 10. The van der Waals surface area contributed by atoms with Gasteiger partial charge in [0.2, 0.25) is 5.91 Å². The molecule has 1 N–H and O–H groups in total. The van der Waals surface area contributed by atoms with Gasteiger partial charge >= 0.3 is 12.6 Å². The summed E-state index contributed by atoms with van der Waals surface area (Å²) in [7, 11) is 0. The zero-order valence-electron chi connectivity index (χ0n) is 23.7. The summed E-state index contributed by atoms with van der Waals surface area (Å²) < 4.78 is 49.0. The molecule has 0 radical (unpaired) electrons. The average Bonchev–Trinajstić information content (AvgIpc) is 3.62. The van der Waals surface area contributed by atoms with E-state index in [0.717, 1.165) is 22.9 Å². The number of anilines is 2. The van der Waals surface area contributed by atoms with Gasteiger partial charge in [-0.3, -0.25) is 14.1 Å². The molecule has 2 heterocycles. The Balaban J connectivity index is 1.30. The van der Waals surface area contributed by atoms with Gasteiger partial charge in [0.25, 0.3) is 0 Å². The maximum Gasteiger partial charge on any atom is 0.387 e. The lowest BCUT2D eigenvalue weighted by Crippen LogP contribution is -2.31. The quantitative estimate of drug-likeness (QED) is 0.199. The third-order valence-electron chi connectivity index (χ3n) is 6.40. The molecule has 228 valence electrons. The largest absolute Gasteiger partial charge is 0.491 e. The predicted octanol–water partition coefficient (Wildman–Crippen LogP) is 6.56. The summed E-state index contributed by atoms with van der Waals surface area (Å²) in [6.45, 7) is 0.383. The minimum Gasteiger partial charge on any atom is -0.491 e. The average molecular weight is 625 g/mol. The Kier molecular flexibility index (Phi) is 9.48. The van der Waals surface area contributed by atoms with E-state index in [9.17, 15) is 22.8 Å². The van der Waals surface area contributed by atoms with Crippen molar-refractivity contribution in [2.24, 2.45) is 4.99 Å². The van der Waals surface area contributed by atoms with Gasteiger partial charge < -0.3 is 14.8 Å². The van der Waals surface area contributed by atoms with E-state index in [1.807, 2.05) is 13.0 Å². The van der Waals surface area contributed by atoms with Crippen molar-refractivity contribution in [3.8, 4) is 28.6 Å². The number of urea groups is 1. The van der Waals surface area contributed by atoms with E-state index in [0.29, 0.717) is 34.2 Å². The number of nitrogens with one attached hydrogen (secondary N) is 1. The third-order valence-corrected chi connectivity index (χ3v) is 7.32. The summed E-state index contributed by atoms with van der Waals surface area (Å²) in [5.74, 6) is 0.691. The second-order valence-corrected chi connectivity index (χ2v) is 10.6. The number of alkyl halides is 3. The molecule has 10 nitrogen and oxygen atoms in total. The number of hydrogen-bond donors (Lipinski definition) is 1. The monoisotopic (exact) mass is 624 g/mol. The predicted molar refractivity (Wildman–Crippen MR) is 162 cm³/mol. The smallest absolute Gasteiger partial charge is 0.387 e. The normalized spacial score (nSPS) is 14.0. The van der Waals surface area contributed by atoms with Crippen LogP contribution in [0.3, 0.4) is 0 Å². The molecule has 1 aromatic heterocycles. The van der Waals surface area contributed by atoms with Crippen LogP contribution in [0, 0.1) is 13.8 Å². The minimum absolute atomic E-state index is 0.0346. The molecule has 0 unspecified atom stereocenters. The molecule has 4 aromatic rings. The number of thioether (sulfide) groups is 1. The summed E-state index contributed by atoms with van der Waals surface area (Å²) in [4.78, 5) is 35.6. The Labute approximate surface area is 254 Å². The highest BCUT2D eigenvalue weighted by Gasteiger charge is 2.32. The molecule has 1 aliphatic heterocycles. The van der Waals surface area contributed by atoms with Crippen molar-refractivity contribution in [3.63, 3.8) is 0 Å². The zero-order chi connectivity index (χ0) is 31.2. The van der Waals surface area contributed by atoms with Crippen molar-refractivity contribution in [3.05, 3.63) is 78.1 Å². The van der Waals surface area contributed by atoms with E-state index in [1.165, 1.54) is 28.0 Å². The van der Waals surface area contributed by atoms with Gasteiger partial charge in [0.1, 0.15) is 17.8 Å². The van der Waals surface area contributed by atoms with Crippen LogP contribution in [0.1, 0.15) is 17.5 Å². The van der Waals surface area contributed by atoms with Crippen LogP contribution in [0.4, 0.5) is 29.3 Å². The number of amides is 3. The van der Waals surface area contributed by atoms with Gasteiger partial charge in [0.15, 0.2) is 11.0 Å². The molecule has 14 heteroatoms. The van der Waals surface area contributed by atoms with Gasteiger partial charge in [-0.2, -0.15) is 13.8 Å². The van der Waals surface area contributed by atoms with Gasteiger partial charge in [0.05, 0.1) is 30.4 Å². The Morgan fingerprint density at radius 3 is 2.64 bits per heavy atom. The molecule has 0 atom stereocenters. The molecule has 1 fully saturated rings. The number of amidine groups is 1. The van der Waals surface area contributed by atoms with E-state index in [2.05, 4.69) is 25.1 Å². The number of halogens is 3. The summed E-state index contributed by atoms with van der Waals surface area (Å²) >= 11 is 1.13. The Hall–Kier alpha value is -4.85. The fourth-order valence-electron chi connectivity index (χ4n) is 4.32. The fraction of sp³-hybridized carbons (Fsp3) is 0.233. The van der Waals surface area contributed by atoms with Crippen LogP contribution in [0.5, 0.6) is 11.5 Å².